The number of aromatic nitrogens is 2. The van der Waals surface area contributed by atoms with Gasteiger partial charge in [-0.2, -0.15) is 5.10 Å². The van der Waals surface area contributed by atoms with Crippen LogP contribution in [0.5, 0.6) is 0 Å². The van der Waals surface area contributed by atoms with Gasteiger partial charge < -0.3 is 5.11 Å². The normalized spacial score (nSPS) is 12.7. The van der Waals surface area contributed by atoms with Crippen molar-refractivity contribution in [2.24, 2.45) is 0 Å². The van der Waals surface area contributed by atoms with E-state index in [0.29, 0.717) is 11.3 Å². The summed E-state index contributed by atoms with van der Waals surface area (Å²) >= 11 is 0. The van der Waals surface area contributed by atoms with Gasteiger partial charge in [-0.3, -0.25) is 0 Å². The Morgan fingerprint density at radius 1 is 1.32 bits per heavy atom. The van der Waals surface area contributed by atoms with E-state index < -0.39 is 6.10 Å². The van der Waals surface area contributed by atoms with Gasteiger partial charge in [-0.05, 0) is 31.9 Å². The van der Waals surface area contributed by atoms with Crippen LogP contribution in [0, 0.1) is 5.82 Å². The first kappa shape index (κ1) is 13.7. The van der Waals surface area contributed by atoms with Crippen LogP contribution in [0.1, 0.15) is 43.8 Å². The molecule has 4 heteroatoms. The first-order valence-corrected chi connectivity index (χ1v) is 6.63. The summed E-state index contributed by atoms with van der Waals surface area (Å²) in [5.74, 6) is -0.362. The maximum atomic E-state index is 14.2. The van der Waals surface area contributed by atoms with Crippen molar-refractivity contribution in [3.05, 3.63) is 47.0 Å². The minimum Gasteiger partial charge on any atom is -0.389 e. The maximum absolute atomic E-state index is 14.2. The van der Waals surface area contributed by atoms with Gasteiger partial charge in [0.15, 0.2) is 0 Å². The van der Waals surface area contributed by atoms with Crippen molar-refractivity contribution in [1.82, 2.24) is 9.78 Å². The number of aliphatic hydroxyl groups excluding tert-OH is 1. The van der Waals surface area contributed by atoms with Crippen molar-refractivity contribution in [1.29, 1.82) is 0 Å². The summed E-state index contributed by atoms with van der Waals surface area (Å²) in [7, 11) is 0. The molecule has 0 spiro atoms. The molecule has 0 saturated heterocycles. The zero-order valence-corrected chi connectivity index (χ0v) is 11.5. The van der Waals surface area contributed by atoms with Crippen molar-refractivity contribution >= 4 is 0 Å². The minimum atomic E-state index is -0.732. The smallest absolute Gasteiger partial charge is 0.149 e. The van der Waals surface area contributed by atoms with Crippen molar-refractivity contribution in [3.63, 3.8) is 0 Å². The van der Waals surface area contributed by atoms with Crippen molar-refractivity contribution in [2.75, 3.05) is 0 Å². The van der Waals surface area contributed by atoms with Gasteiger partial charge in [0.1, 0.15) is 11.5 Å². The highest BCUT2D eigenvalue weighted by Gasteiger charge is 2.17. The molecule has 19 heavy (non-hydrogen) atoms. The van der Waals surface area contributed by atoms with Gasteiger partial charge in [0.05, 0.1) is 11.8 Å². The third-order valence-corrected chi connectivity index (χ3v) is 3.24. The predicted molar refractivity (Wildman–Crippen MR) is 72.9 cm³/mol. The summed E-state index contributed by atoms with van der Waals surface area (Å²) in [5, 5.41) is 14.2. The van der Waals surface area contributed by atoms with E-state index in [1.54, 1.807) is 23.7 Å². The van der Waals surface area contributed by atoms with Crippen molar-refractivity contribution in [2.45, 2.75) is 39.7 Å². The molecule has 0 amide bonds. The number of aryl methyl sites for hydroxylation is 2. The lowest BCUT2D eigenvalue weighted by molar-refractivity contribution is 0.198. The largest absolute Gasteiger partial charge is 0.389 e. The first-order valence-electron chi connectivity index (χ1n) is 6.63. The molecule has 0 radical (unpaired) electrons. The van der Waals surface area contributed by atoms with Crippen LogP contribution >= 0.6 is 0 Å². The van der Waals surface area contributed by atoms with Crippen LogP contribution in [0.25, 0.3) is 5.69 Å². The van der Waals surface area contributed by atoms with E-state index >= 15 is 0 Å². The second kappa shape index (κ2) is 5.53. The predicted octanol–water partition coefficient (Wildman–Crippen LogP) is 3.19. The fraction of sp³-hybridized carbons (Fsp3) is 0.400. The number of benzene rings is 1. The topological polar surface area (TPSA) is 38.0 Å². The molecule has 1 aromatic heterocycles. The number of hydrogen-bond acceptors (Lipinski definition) is 2. The number of halogens is 1. The highest BCUT2D eigenvalue weighted by Crippen LogP contribution is 2.26. The van der Waals surface area contributed by atoms with E-state index in [1.807, 2.05) is 19.9 Å². The van der Waals surface area contributed by atoms with Crippen molar-refractivity contribution in [3.8, 4) is 5.69 Å². The molecule has 1 N–H and O–H groups in total. The van der Waals surface area contributed by atoms with Gasteiger partial charge >= 0.3 is 0 Å². The number of para-hydroxylation sites is 1. The molecule has 0 fully saturated rings. The van der Waals surface area contributed by atoms with Crippen LogP contribution in [-0.2, 0) is 12.8 Å². The molecule has 1 unspecified atom stereocenters. The number of nitrogens with zero attached hydrogens (tertiary/aromatic N) is 2. The Morgan fingerprint density at radius 2 is 2.05 bits per heavy atom. The molecular formula is C15H19FN2O. The molecule has 2 aromatic rings. The Kier molecular flexibility index (Phi) is 4.00. The van der Waals surface area contributed by atoms with E-state index in [1.165, 1.54) is 6.07 Å². The quantitative estimate of drug-likeness (QED) is 0.919. The van der Waals surface area contributed by atoms with Gasteiger partial charge in [0, 0.05) is 11.3 Å². The maximum Gasteiger partial charge on any atom is 0.149 e. The van der Waals surface area contributed by atoms with Gasteiger partial charge in [0.25, 0.3) is 0 Å². The molecule has 0 aliphatic rings. The van der Waals surface area contributed by atoms with Gasteiger partial charge in [-0.15, -0.1) is 0 Å². The van der Waals surface area contributed by atoms with E-state index in [0.717, 1.165) is 24.2 Å². The molecule has 0 bridgehead atoms. The van der Waals surface area contributed by atoms with Crippen LogP contribution in [-0.4, -0.2) is 14.9 Å². The second-order valence-electron chi connectivity index (χ2n) is 4.60. The molecule has 2 rings (SSSR count). The third-order valence-electron chi connectivity index (χ3n) is 3.24. The van der Waals surface area contributed by atoms with Crippen LogP contribution in [0.2, 0.25) is 0 Å². The van der Waals surface area contributed by atoms with Crippen LogP contribution in [0.15, 0.2) is 24.3 Å². The Balaban J connectivity index is 2.67. The Labute approximate surface area is 112 Å². The summed E-state index contributed by atoms with van der Waals surface area (Å²) in [4.78, 5) is 0. The highest BCUT2D eigenvalue weighted by atomic mass is 19.1. The standard InChI is InChI=1S/C15H19FN2O/c1-4-11-9-12(5-2)18(17-11)15-13(10(3)19)7-6-8-14(15)16/h6-10,19H,4-5H2,1-3H3. The fourth-order valence-electron chi connectivity index (χ4n) is 2.19. The Morgan fingerprint density at radius 3 is 2.63 bits per heavy atom. The molecule has 0 aliphatic heterocycles. The van der Waals surface area contributed by atoms with Gasteiger partial charge in [-0.25, -0.2) is 9.07 Å². The summed E-state index contributed by atoms with van der Waals surface area (Å²) in [6, 6.07) is 6.72. The summed E-state index contributed by atoms with van der Waals surface area (Å²) in [5.41, 5.74) is 2.79. The minimum absolute atomic E-state index is 0.356. The lowest BCUT2D eigenvalue weighted by Crippen LogP contribution is -2.09. The monoisotopic (exact) mass is 262 g/mol. The Bertz CT molecular complexity index is 576. The zero-order chi connectivity index (χ0) is 14.0. The molecule has 0 saturated carbocycles. The van der Waals surface area contributed by atoms with E-state index in [-0.39, 0.29) is 5.82 Å². The number of hydrogen-bond donors (Lipinski definition) is 1. The summed E-state index contributed by atoms with van der Waals surface area (Å²) in [6.07, 6.45) is 0.837. The highest BCUT2D eigenvalue weighted by molar-refractivity contribution is 5.44. The first-order chi connectivity index (χ1) is 9.08. The van der Waals surface area contributed by atoms with Crippen LogP contribution in [0.3, 0.4) is 0 Å². The molecular weight excluding hydrogens is 243 g/mol. The second-order valence-corrected chi connectivity index (χ2v) is 4.60. The lowest BCUT2D eigenvalue weighted by atomic mass is 10.1. The van der Waals surface area contributed by atoms with Crippen molar-refractivity contribution < 1.29 is 9.50 Å². The van der Waals surface area contributed by atoms with E-state index in [9.17, 15) is 9.50 Å². The van der Waals surface area contributed by atoms with E-state index in [4.69, 9.17) is 0 Å². The fourth-order valence-corrected chi connectivity index (χ4v) is 2.19. The molecule has 0 aliphatic carbocycles. The van der Waals surface area contributed by atoms with Crippen LogP contribution in [0.4, 0.5) is 4.39 Å². The number of rotatable bonds is 4. The molecule has 1 aromatic carbocycles. The molecule has 1 heterocycles. The third kappa shape index (κ3) is 2.54. The van der Waals surface area contributed by atoms with Gasteiger partial charge in [-0.1, -0.05) is 26.0 Å². The Hall–Kier alpha value is -1.68. The molecule has 102 valence electrons. The summed E-state index contributed by atoms with van der Waals surface area (Å²) in [6.45, 7) is 5.66. The van der Waals surface area contributed by atoms with Crippen LogP contribution < -0.4 is 0 Å². The molecule has 1 atom stereocenters. The SMILES string of the molecule is CCc1cc(CC)n(-c2c(F)cccc2C(C)O)n1. The number of aliphatic hydroxyl groups is 1. The lowest BCUT2D eigenvalue weighted by Gasteiger charge is -2.14. The van der Waals surface area contributed by atoms with E-state index in [2.05, 4.69) is 5.10 Å². The summed E-state index contributed by atoms with van der Waals surface area (Å²) < 4.78 is 15.8. The van der Waals surface area contributed by atoms with Gasteiger partial charge in [0.2, 0.25) is 0 Å². The zero-order valence-electron chi connectivity index (χ0n) is 11.5. The average Bonchev–Trinajstić information content (AvgIpc) is 2.81. The average molecular weight is 262 g/mol. The molecule has 3 nitrogen and oxygen atoms in total.